The molecule has 1 saturated heterocycles. The van der Waals surface area contributed by atoms with Crippen molar-refractivity contribution in [2.75, 3.05) is 13.1 Å². The molecule has 0 spiro atoms. The molecular weight excluding hydrogens is 234 g/mol. The number of hydrogen-bond acceptors (Lipinski definition) is 1. The molecule has 0 atom stereocenters. The number of likely N-dealkylation sites (tertiary alicyclic amines) is 1. The summed E-state index contributed by atoms with van der Waals surface area (Å²) in [5, 5.41) is 0. The molecule has 1 aliphatic heterocycles. The van der Waals surface area contributed by atoms with Gasteiger partial charge in [0.1, 0.15) is 0 Å². The summed E-state index contributed by atoms with van der Waals surface area (Å²) in [6.07, 6.45) is 8.39. The summed E-state index contributed by atoms with van der Waals surface area (Å²) >= 11 is 0. The molecule has 0 N–H and O–H groups in total. The first-order chi connectivity index (χ1) is 9.31. The fourth-order valence-corrected chi connectivity index (χ4v) is 2.65. The fraction of sp³-hybridized carbons (Fsp3) is 0.588. The van der Waals surface area contributed by atoms with E-state index in [0.717, 1.165) is 37.9 Å². The van der Waals surface area contributed by atoms with Crippen LogP contribution in [-0.4, -0.2) is 23.9 Å². The average Bonchev–Trinajstić information content (AvgIpc) is 2.74. The molecule has 2 nitrogen and oxygen atoms in total. The van der Waals surface area contributed by atoms with Crippen LogP contribution in [0, 0.1) is 0 Å². The van der Waals surface area contributed by atoms with Crippen LogP contribution in [0.15, 0.2) is 24.3 Å². The number of carbonyl (C=O) groups excluding carboxylic acids is 1. The van der Waals surface area contributed by atoms with E-state index in [1.54, 1.807) is 0 Å². The second-order valence-corrected chi connectivity index (χ2v) is 5.51. The molecule has 0 aliphatic carbocycles. The zero-order chi connectivity index (χ0) is 13.5. The van der Waals surface area contributed by atoms with Crippen molar-refractivity contribution in [3.8, 4) is 0 Å². The highest BCUT2D eigenvalue weighted by atomic mass is 16.2. The Bertz CT molecular complexity index is 388. The lowest BCUT2D eigenvalue weighted by Crippen LogP contribution is -2.31. The highest BCUT2D eigenvalue weighted by Gasteiger charge is 2.16. The largest absolute Gasteiger partial charge is 0.339 e. The van der Waals surface area contributed by atoms with Crippen molar-refractivity contribution >= 4 is 5.91 Å². The summed E-state index contributed by atoms with van der Waals surface area (Å²) in [6.45, 7) is 4.06. The molecular formula is C17H25NO. The predicted molar refractivity (Wildman–Crippen MR) is 79.4 cm³/mol. The van der Waals surface area contributed by atoms with Crippen LogP contribution >= 0.6 is 0 Å². The third kappa shape index (κ3) is 4.09. The van der Waals surface area contributed by atoms with Gasteiger partial charge in [-0.25, -0.2) is 0 Å². The van der Waals surface area contributed by atoms with E-state index in [1.165, 1.54) is 31.2 Å². The monoisotopic (exact) mass is 259 g/mol. The number of carbonyl (C=O) groups is 1. The van der Waals surface area contributed by atoms with E-state index < -0.39 is 0 Å². The van der Waals surface area contributed by atoms with Crippen molar-refractivity contribution in [3.63, 3.8) is 0 Å². The summed E-state index contributed by atoms with van der Waals surface area (Å²) in [4.78, 5) is 14.4. The summed E-state index contributed by atoms with van der Waals surface area (Å²) in [5.41, 5.74) is 2.19. The van der Waals surface area contributed by atoms with Crippen LogP contribution in [0.1, 0.15) is 61.4 Å². The lowest BCUT2D eigenvalue weighted by atomic mass is 10.1. The van der Waals surface area contributed by atoms with Crippen molar-refractivity contribution in [1.82, 2.24) is 4.90 Å². The van der Waals surface area contributed by atoms with E-state index in [9.17, 15) is 4.79 Å². The zero-order valence-corrected chi connectivity index (χ0v) is 12.0. The molecule has 0 radical (unpaired) electrons. The highest BCUT2D eigenvalue weighted by molar-refractivity contribution is 5.94. The zero-order valence-electron chi connectivity index (χ0n) is 12.0. The van der Waals surface area contributed by atoms with Gasteiger partial charge in [0.05, 0.1) is 0 Å². The second kappa shape index (κ2) is 7.32. The minimum atomic E-state index is 0.212. The standard InChI is InChI=1S/C17H25NO/c1-2-3-8-15-9-11-16(12-10-15)17(19)18-13-6-4-5-7-14-18/h9-12H,2-8,13-14H2,1H3. The van der Waals surface area contributed by atoms with Crippen molar-refractivity contribution in [1.29, 1.82) is 0 Å². The molecule has 0 saturated carbocycles. The Balaban J connectivity index is 1.98. The maximum atomic E-state index is 12.4. The number of nitrogens with zero attached hydrogens (tertiary/aromatic N) is 1. The normalized spacial score (nSPS) is 16.2. The van der Waals surface area contributed by atoms with Gasteiger partial charge in [0, 0.05) is 18.7 Å². The van der Waals surface area contributed by atoms with Gasteiger partial charge in [-0.05, 0) is 43.4 Å². The van der Waals surface area contributed by atoms with Crippen LogP contribution in [0.25, 0.3) is 0 Å². The third-order valence-corrected chi connectivity index (χ3v) is 3.91. The first kappa shape index (κ1) is 14.1. The lowest BCUT2D eigenvalue weighted by Gasteiger charge is -2.20. The van der Waals surface area contributed by atoms with E-state index in [4.69, 9.17) is 0 Å². The van der Waals surface area contributed by atoms with E-state index in [-0.39, 0.29) is 5.91 Å². The highest BCUT2D eigenvalue weighted by Crippen LogP contribution is 2.14. The van der Waals surface area contributed by atoms with Gasteiger partial charge in [0.2, 0.25) is 0 Å². The molecule has 19 heavy (non-hydrogen) atoms. The summed E-state index contributed by atoms with van der Waals surface area (Å²) in [5.74, 6) is 0.212. The number of rotatable bonds is 4. The Kier molecular flexibility index (Phi) is 5.44. The molecule has 1 aromatic rings. The Hall–Kier alpha value is -1.31. The number of aryl methyl sites for hydroxylation is 1. The Labute approximate surface area is 116 Å². The number of hydrogen-bond donors (Lipinski definition) is 0. The Morgan fingerprint density at radius 2 is 1.68 bits per heavy atom. The minimum absolute atomic E-state index is 0.212. The summed E-state index contributed by atoms with van der Waals surface area (Å²) < 4.78 is 0. The van der Waals surface area contributed by atoms with Crippen LogP contribution < -0.4 is 0 Å². The molecule has 104 valence electrons. The number of benzene rings is 1. The van der Waals surface area contributed by atoms with Gasteiger partial charge in [-0.1, -0.05) is 38.3 Å². The van der Waals surface area contributed by atoms with Crippen LogP contribution in [0.3, 0.4) is 0 Å². The lowest BCUT2D eigenvalue weighted by molar-refractivity contribution is 0.0761. The van der Waals surface area contributed by atoms with Crippen molar-refractivity contribution in [3.05, 3.63) is 35.4 Å². The van der Waals surface area contributed by atoms with Gasteiger partial charge in [-0.15, -0.1) is 0 Å². The molecule has 1 aromatic carbocycles. The molecule has 2 heteroatoms. The van der Waals surface area contributed by atoms with E-state index in [1.807, 2.05) is 17.0 Å². The summed E-state index contributed by atoms with van der Waals surface area (Å²) in [6, 6.07) is 8.22. The molecule has 0 bridgehead atoms. The fourth-order valence-electron chi connectivity index (χ4n) is 2.65. The number of amides is 1. The Morgan fingerprint density at radius 1 is 1.05 bits per heavy atom. The first-order valence-electron chi connectivity index (χ1n) is 7.69. The topological polar surface area (TPSA) is 20.3 Å². The average molecular weight is 259 g/mol. The molecule has 1 aliphatic rings. The quantitative estimate of drug-likeness (QED) is 0.799. The van der Waals surface area contributed by atoms with Crippen LogP contribution in [0.4, 0.5) is 0 Å². The van der Waals surface area contributed by atoms with Gasteiger partial charge >= 0.3 is 0 Å². The van der Waals surface area contributed by atoms with Gasteiger partial charge in [-0.2, -0.15) is 0 Å². The second-order valence-electron chi connectivity index (χ2n) is 5.51. The maximum absolute atomic E-state index is 12.4. The molecule has 1 fully saturated rings. The first-order valence-corrected chi connectivity index (χ1v) is 7.69. The van der Waals surface area contributed by atoms with Crippen molar-refractivity contribution in [2.24, 2.45) is 0 Å². The predicted octanol–water partition coefficient (Wildman–Crippen LogP) is 4.05. The van der Waals surface area contributed by atoms with E-state index >= 15 is 0 Å². The molecule has 2 rings (SSSR count). The van der Waals surface area contributed by atoms with Crippen molar-refractivity contribution < 1.29 is 4.79 Å². The molecule has 1 heterocycles. The minimum Gasteiger partial charge on any atom is -0.339 e. The van der Waals surface area contributed by atoms with Gasteiger partial charge in [0.15, 0.2) is 0 Å². The number of unbranched alkanes of at least 4 members (excludes halogenated alkanes) is 1. The molecule has 0 unspecified atom stereocenters. The van der Waals surface area contributed by atoms with E-state index in [2.05, 4.69) is 19.1 Å². The third-order valence-electron chi connectivity index (χ3n) is 3.91. The summed E-state index contributed by atoms with van der Waals surface area (Å²) in [7, 11) is 0. The van der Waals surface area contributed by atoms with E-state index in [0.29, 0.717) is 0 Å². The van der Waals surface area contributed by atoms with Crippen LogP contribution in [0.5, 0.6) is 0 Å². The Morgan fingerprint density at radius 3 is 2.26 bits per heavy atom. The van der Waals surface area contributed by atoms with Crippen molar-refractivity contribution in [2.45, 2.75) is 51.9 Å². The smallest absolute Gasteiger partial charge is 0.253 e. The van der Waals surface area contributed by atoms with Crippen LogP contribution in [-0.2, 0) is 6.42 Å². The van der Waals surface area contributed by atoms with Gasteiger partial charge in [-0.3, -0.25) is 4.79 Å². The SMILES string of the molecule is CCCCc1ccc(C(=O)N2CCCCCC2)cc1. The van der Waals surface area contributed by atoms with Gasteiger partial charge in [0.25, 0.3) is 5.91 Å². The molecule has 1 amide bonds. The molecule has 0 aromatic heterocycles. The maximum Gasteiger partial charge on any atom is 0.253 e. The van der Waals surface area contributed by atoms with Gasteiger partial charge < -0.3 is 4.90 Å². The van der Waals surface area contributed by atoms with Crippen LogP contribution in [0.2, 0.25) is 0 Å².